The van der Waals surface area contributed by atoms with Crippen LogP contribution in [-0.4, -0.2) is 15.0 Å². The predicted octanol–water partition coefficient (Wildman–Crippen LogP) is 2.89. The number of halogens is 1. The Morgan fingerprint density at radius 2 is 2.07 bits per heavy atom. The molecule has 6 heteroatoms. The third kappa shape index (κ3) is 2.70. The first-order valence-corrected chi connectivity index (χ1v) is 5.44. The van der Waals surface area contributed by atoms with Crippen molar-refractivity contribution in [3.63, 3.8) is 0 Å². The lowest BCUT2D eigenvalue weighted by Gasteiger charge is -1.98. The molecule has 78 valence electrons. The molecule has 0 unspecified atom stereocenters. The normalized spacial score (nSPS) is 10.6. The van der Waals surface area contributed by atoms with Crippen LogP contribution >= 0.6 is 23.4 Å². The van der Waals surface area contributed by atoms with E-state index in [0.717, 1.165) is 10.7 Å². The number of hydrogen-bond acceptors (Lipinski definition) is 5. The van der Waals surface area contributed by atoms with Crippen LogP contribution in [0.1, 0.15) is 11.5 Å². The van der Waals surface area contributed by atoms with E-state index in [-0.39, 0.29) is 0 Å². The van der Waals surface area contributed by atoms with Gasteiger partial charge >= 0.3 is 0 Å². The zero-order chi connectivity index (χ0) is 10.8. The minimum Gasteiger partial charge on any atom is -0.439 e. The molecule has 0 aliphatic heterocycles. The zero-order valence-corrected chi connectivity index (χ0v) is 9.76. The summed E-state index contributed by atoms with van der Waals surface area (Å²) in [5, 5.41) is 1.71. The van der Waals surface area contributed by atoms with Crippen LogP contribution in [0, 0.1) is 13.8 Å². The van der Waals surface area contributed by atoms with Crippen LogP contribution in [0.25, 0.3) is 0 Å². The van der Waals surface area contributed by atoms with E-state index in [1.807, 2.05) is 6.92 Å². The summed E-state index contributed by atoms with van der Waals surface area (Å²) in [7, 11) is 0. The molecule has 0 aromatic carbocycles. The lowest BCUT2D eigenvalue weighted by Crippen LogP contribution is -1.89. The van der Waals surface area contributed by atoms with Crippen LogP contribution in [0.2, 0.25) is 5.15 Å². The summed E-state index contributed by atoms with van der Waals surface area (Å²) in [6, 6.07) is 1.68. The highest BCUT2D eigenvalue weighted by atomic mass is 35.5. The predicted molar refractivity (Wildman–Crippen MR) is 57.1 cm³/mol. The van der Waals surface area contributed by atoms with Gasteiger partial charge in [-0.3, -0.25) is 0 Å². The van der Waals surface area contributed by atoms with Crippen molar-refractivity contribution in [3.05, 3.63) is 29.0 Å². The average molecular weight is 242 g/mol. The van der Waals surface area contributed by atoms with Gasteiger partial charge in [0, 0.05) is 6.07 Å². The maximum atomic E-state index is 5.81. The molecule has 0 amide bonds. The van der Waals surface area contributed by atoms with Gasteiger partial charge in [-0.15, -0.1) is 0 Å². The van der Waals surface area contributed by atoms with Crippen molar-refractivity contribution in [2.45, 2.75) is 24.1 Å². The Hall–Kier alpha value is -1.07. The molecule has 15 heavy (non-hydrogen) atoms. The minimum absolute atomic E-state index is 0.424. The van der Waals surface area contributed by atoms with Crippen LogP contribution in [0.15, 0.2) is 27.0 Å². The Morgan fingerprint density at radius 3 is 2.67 bits per heavy atom. The first-order valence-electron chi connectivity index (χ1n) is 4.24. The lowest BCUT2D eigenvalue weighted by molar-refractivity contribution is 0.453. The molecule has 0 aliphatic rings. The number of hydrogen-bond donors (Lipinski definition) is 0. The fourth-order valence-electron chi connectivity index (χ4n) is 1.03. The maximum absolute atomic E-state index is 5.81. The van der Waals surface area contributed by atoms with E-state index in [2.05, 4.69) is 15.0 Å². The molecule has 4 nitrogen and oxygen atoms in total. The first-order chi connectivity index (χ1) is 7.13. The van der Waals surface area contributed by atoms with Gasteiger partial charge < -0.3 is 4.42 Å². The van der Waals surface area contributed by atoms with Gasteiger partial charge in [-0.2, -0.15) is 0 Å². The second kappa shape index (κ2) is 4.20. The van der Waals surface area contributed by atoms with Crippen molar-refractivity contribution < 1.29 is 4.42 Å². The molecule has 0 radical (unpaired) electrons. The molecular weight excluding hydrogens is 234 g/mol. The van der Waals surface area contributed by atoms with Crippen molar-refractivity contribution in [1.82, 2.24) is 15.0 Å². The Bertz CT molecular complexity index is 466. The monoisotopic (exact) mass is 241 g/mol. The van der Waals surface area contributed by atoms with Crippen molar-refractivity contribution in [3.8, 4) is 0 Å². The van der Waals surface area contributed by atoms with Gasteiger partial charge in [0.15, 0.2) is 0 Å². The minimum atomic E-state index is 0.424. The van der Waals surface area contributed by atoms with Gasteiger partial charge in [-0.05, 0) is 25.6 Å². The molecule has 2 aromatic rings. The summed E-state index contributed by atoms with van der Waals surface area (Å²) in [5.41, 5.74) is 0.842. The SMILES string of the molecule is Cc1coc(Sc2cc(Cl)nc(C)n2)n1. The van der Waals surface area contributed by atoms with Gasteiger partial charge in [0.25, 0.3) is 5.22 Å². The topological polar surface area (TPSA) is 51.8 Å². The Morgan fingerprint density at radius 1 is 1.27 bits per heavy atom. The first kappa shape index (κ1) is 10.4. The van der Waals surface area contributed by atoms with Crippen molar-refractivity contribution in [2.75, 3.05) is 0 Å². The zero-order valence-electron chi connectivity index (χ0n) is 8.19. The molecule has 2 heterocycles. The molecule has 0 saturated heterocycles. The lowest BCUT2D eigenvalue weighted by atomic mass is 10.6. The summed E-state index contributed by atoms with van der Waals surface area (Å²) in [6.07, 6.45) is 1.60. The fourth-order valence-corrected chi connectivity index (χ4v) is 2.13. The van der Waals surface area contributed by atoms with Crippen LogP contribution in [0.4, 0.5) is 0 Å². The molecule has 2 aromatic heterocycles. The second-order valence-corrected chi connectivity index (χ2v) is 4.29. The highest BCUT2D eigenvalue weighted by Gasteiger charge is 2.06. The fraction of sp³-hybridized carbons (Fsp3) is 0.222. The van der Waals surface area contributed by atoms with E-state index in [1.165, 1.54) is 11.8 Å². The molecule has 0 spiro atoms. The summed E-state index contributed by atoms with van der Waals surface area (Å²) in [4.78, 5) is 12.3. The molecule has 2 rings (SSSR count). The summed E-state index contributed by atoms with van der Waals surface area (Å²) in [5.74, 6) is 0.633. The maximum Gasteiger partial charge on any atom is 0.262 e. The highest BCUT2D eigenvalue weighted by Crippen LogP contribution is 2.26. The van der Waals surface area contributed by atoms with E-state index in [0.29, 0.717) is 16.2 Å². The molecule has 0 bridgehead atoms. The van der Waals surface area contributed by atoms with Crippen LogP contribution in [-0.2, 0) is 0 Å². The van der Waals surface area contributed by atoms with Gasteiger partial charge in [0.1, 0.15) is 22.3 Å². The Labute approximate surface area is 96.1 Å². The van der Waals surface area contributed by atoms with Gasteiger partial charge in [-0.1, -0.05) is 11.6 Å². The average Bonchev–Trinajstić information content (AvgIpc) is 2.49. The van der Waals surface area contributed by atoms with E-state index < -0.39 is 0 Å². The number of nitrogens with zero attached hydrogens (tertiary/aromatic N) is 3. The molecule has 0 saturated carbocycles. The molecule has 0 atom stereocenters. The van der Waals surface area contributed by atoms with E-state index in [1.54, 1.807) is 19.3 Å². The Balaban J connectivity index is 2.24. The quantitative estimate of drug-likeness (QED) is 0.757. The van der Waals surface area contributed by atoms with Gasteiger partial charge in [0.05, 0.1) is 5.69 Å². The standard InChI is InChI=1S/C9H8ClN3OS/c1-5-4-14-9(11-5)15-8-3-7(10)12-6(2)13-8/h3-4H,1-2H3. The summed E-state index contributed by atoms with van der Waals surface area (Å²) >= 11 is 7.13. The van der Waals surface area contributed by atoms with E-state index in [4.69, 9.17) is 16.0 Å². The molecule has 0 fully saturated rings. The Kier molecular flexibility index (Phi) is 2.93. The largest absolute Gasteiger partial charge is 0.439 e. The molecule has 0 aliphatic carbocycles. The third-order valence-electron chi connectivity index (χ3n) is 1.57. The van der Waals surface area contributed by atoms with Gasteiger partial charge in [-0.25, -0.2) is 15.0 Å². The second-order valence-electron chi connectivity index (χ2n) is 2.93. The van der Waals surface area contributed by atoms with Gasteiger partial charge in [0.2, 0.25) is 0 Å². The third-order valence-corrected chi connectivity index (χ3v) is 2.55. The number of oxazole rings is 1. The van der Waals surface area contributed by atoms with Crippen LogP contribution in [0.3, 0.4) is 0 Å². The van der Waals surface area contributed by atoms with Crippen molar-refractivity contribution in [2.24, 2.45) is 0 Å². The molecular formula is C9H8ClN3OS. The number of aryl methyl sites for hydroxylation is 2. The van der Waals surface area contributed by atoms with Crippen molar-refractivity contribution >= 4 is 23.4 Å². The van der Waals surface area contributed by atoms with E-state index in [9.17, 15) is 0 Å². The highest BCUT2D eigenvalue weighted by molar-refractivity contribution is 7.99. The smallest absolute Gasteiger partial charge is 0.262 e. The molecule has 0 N–H and O–H groups in total. The number of aromatic nitrogens is 3. The van der Waals surface area contributed by atoms with Crippen LogP contribution < -0.4 is 0 Å². The summed E-state index contributed by atoms with van der Waals surface area (Å²) in [6.45, 7) is 3.66. The summed E-state index contributed by atoms with van der Waals surface area (Å²) < 4.78 is 5.20. The number of rotatable bonds is 2. The van der Waals surface area contributed by atoms with E-state index >= 15 is 0 Å². The van der Waals surface area contributed by atoms with Crippen molar-refractivity contribution in [1.29, 1.82) is 0 Å². The van der Waals surface area contributed by atoms with Crippen LogP contribution in [0.5, 0.6) is 0 Å².